The monoisotopic (exact) mass is 275 g/mol. The van der Waals surface area contributed by atoms with Crippen molar-refractivity contribution in [3.8, 4) is 0 Å². The smallest absolute Gasteiger partial charge is 0.253 e. The molecule has 104 valence electrons. The molecule has 0 aliphatic carbocycles. The largest absolute Gasteiger partial charge is 0.376 e. The minimum Gasteiger partial charge on any atom is -0.376 e. The van der Waals surface area contributed by atoms with Crippen LogP contribution in [0.5, 0.6) is 0 Å². The van der Waals surface area contributed by atoms with E-state index in [0.717, 1.165) is 25.9 Å². The average molecular weight is 275 g/mol. The number of anilines is 1. The van der Waals surface area contributed by atoms with Crippen LogP contribution in [0, 0.1) is 29.4 Å². The first-order valence-corrected chi connectivity index (χ1v) is 6.25. The summed E-state index contributed by atoms with van der Waals surface area (Å²) in [6.45, 7) is 2.56. The Morgan fingerprint density at radius 2 is 1.58 bits per heavy atom. The molecule has 0 spiro atoms. The molecule has 0 radical (unpaired) electrons. The second-order valence-electron chi connectivity index (χ2n) is 5.09. The minimum atomic E-state index is -1.62. The number of halogens is 4. The van der Waals surface area contributed by atoms with Gasteiger partial charge in [-0.3, -0.25) is 0 Å². The van der Waals surface area contributed by atoms with Gasteiger partial charge in [-0.2, -0.15) is 22.5 Å². The van der Waals surface area contributed by atoms with Gasteiger partial charge in [0, 0.05) is 12.6 Å². The van der Waals surface area contributed by atoms with E-state index in [1.165, 1.54) is 0 Å². The zero-order chi connectivity index (χ0) is 13.6. The zero-order valence-corrected chi connectivity index (χ0v) is 10.1. The number of hydrogen-bond donors (Lipinski definition) is 1. The molecule has 19 heavy (non-hydrogen) atoms. The second kappa shape index (κ2) is 4.63. The lowest BCUT2D eigenvalue weighted by molar-refractivity contribution is 0.0971. The van der Waals surface area contributed by atoms with Gasteiger partial charge in [-0.1, -0.05) is 0 Å². The van der Waals surface area contributed by atoms with Crippen LogP contribution in [0.3, 0.4) is 0 Å². The average Bonchev–Trinajstić information content (AvgIpc) is 2.43. The lowest BCUT2D eigenvalue weighted by atomic mass is 9.84. The maximum atomic E-state index is 13.5. The molecule has 1 atom stereocenters. The predicted molar refractivity (Wildman–Crippen MR) is 60.6 cm³/mol. The van der Waals surface area contributed by atoms with Crippen molar-refractivity contribution in [1.29, 1.82) is 0 Å². The molecule has 3 aliphatic heterocycles. The topological polar surface area (TPSA) is 28.2 Å². The Hall–Kier alpha value is -1.37. The van der Waals surface area contributed by atoms with Gasteiger partial charge >= 0.3 is 0 Å². The molecule has 1 N–H and O–H groups in total. The molecule has 4 rings (SSSR count). The maximum absolute atomic E-state index is 13.5. The highest BCUT2D eigenvalue weighted by Crippen LogP contribution is 2.31. The van der Waals surface area contributed by atoms with Gasteiger partial charge in [-0.15, -0.1) is 0 Å². The number of nitrogens with one attached hydrogen (secondary N) is 1. The van der Waals surface area contributed by atoms with Crippen LogP contribution in [-0.2, 0) is 0 Å². The van der Waals surface area contributed by atoms with Crippen LogP contribution in [0.4, 0.5) is 23.2 Å². The van der Waals surface area contributed by atoms with E-state index in [1.807, 2.05) is 0 Å². The van der Waals surface area contributed by atoms with Crippen LogP contribution < -0.4 is 5.32 Å². The summed E-state index contributed by atoms with van der Waals surface area (Å²) in [6, 6.07) is -0.187. The third-order valence-corrected chi connectivity index (χ3v) is 3.98. The number of hydrogen-bond acceptors (Lipinski definition) is 3. The van der Waals surface area contributed by atoms with E-state index in [1.54, 1.807) is 0 Å². The highest BCUT2D eigenvalue weighted by molar-refractivity contribution is 5.46. The number of nitrogens with zero attached hydrogens (tertiary/aromatic N) is 2. The van der Waals surface area contributed by atoms with Crippen molar-refractivity contribution in [2.75, 3.05) is 25.0 Å². The van der Waals surface area contributed by atoms with E-state index in [0.29, 0.717) is 6.54 Å². The fraction of sp³-hybridized carbons (Fsp3) is 0.583. The molecule has 0 aromatic carbocycles. The third-order valence-electron chi connectivity index (χ3n) is 3.98. The molecule has 0 saturated carbocycles. The highest BCUT2D eigenvalue weighted by Gasteiger charge is 2.35. The van der Waals surface area contributed by atoms with E-state index in [-0.39, 0.29) is 12.0 Å². The SMILES string of the molecule is Fc1nc(F)c(F)c(NC2CN3CCC2CC3)c1F. The molecule has 4 heterocycles. The molecule has 1 unspecified atom stereocenters. The summed E-state index contributed by atoms with van der Waals surface area (Å²) in [5, 5.41) is 2.62. The van der Waals surface area contributed by atoms with E-state index in [2.05, 4.69) is 15.2 Å². The van der Waals surface area contributed by atoms with Crippen molar-refractivity contribution >= 4 is 5.69 Å². The number of rotatable bonds is 2. The fourth-order valence-electron chi connectivity index (χ4n) is 2.93. The van der Waals surface area contributed by atoms with Crippen LogP contribution in [0.2, 0.25) is 0 Å². The van der Waals surface area contributed by atoms with E-state index in [9.17, 15) is 17.6 Å². The first-order chi connectivity index (χ1) is 9.06. The van der Waals surface area contributed by atoms with Crippen LogP contribution in [0.15, 0.2) is 0 Å². The molecular weight excluding hydrogens is 262 g/mol. The van der Waals surface area contributed by atoms with Gasteiger partial charge in [0.15, 0.2) is 0 Å². The van der Waals surface area contributed by atoms with Crippen LogP contribution in [0.25, 0.3) is 0 Å². The summed E-state index contributed by atoms with van der Waals surface area (Å²) in [7, 11) is 0. The van der Waals surface area contributed by atoms with Crippen LogP contribution in [-0.4, -0.2) is 35.6 Å². The van der Waals surface area contributed by atoms with Gasteiger partial charge in [0.25, 0.3) is 11.9 Å². The number of aromatic nitrogens is 1. The lowest BCUT2D eigenvalue weighted by Gasteiger charge is -2.45. The summed E-state index contributed by atoms with van der Waals surface area (Å²) >= 11 is 0. The molecule has 3 saturated heterocycles. The lowest BCUT2D eigenvalue weighted by Crippen LogP contribution is -2.53. The first-order valence-electron chi connectivity index (χ1n) is 6.25. The van der Waals surface area contributed by atoms with Crippen LogP contribution in [0.1, 0.15) is 12.8 Å². The molecule has 3 nitrogen and oxygen atoms in total. The van der Waals surface area contributed by atoms with Crippen molar-refractivity contribution in [1.82, 2.24) is 9.88 Å². The summed E-state index contributed by atoms with van der Waals surface area (Å²) in [5.74, 6) is -5.89. The molecule has 3 aliphatic rings. The third kappa shape index (κ3) is 2.16. The molecule has 2 bridgehead atoms. The summed E-state index contributed by atoms with van der Waals surface area (Å²) in [6.07, 6.45) is 1.86. The number of piperidine rings is 3. The van der Waals surface area contributed by atoms with Gasteiger partial charge in [-0.25, -0.2) is 0 Å². The quantitative estimate of drug-likeness (QED) is 0.662. The second-order valence-corrected chi connectivity index (χ2v) is 5.09. The summed E-state index contributed by atoms with van der Waals surface area (Å²) in [5.41, 5.74) is -0.747. The summed E-state index contributed by atoms with van der Waals surface area (Å²) < 4.78 is 53.1. The van der Waals surface area contributed by atoms with Gasteiger partial charge in [-0.05, 0) is 31.8 Å². The fourth-order valence-corrected chi connectivity index (χ4v) is 2.93. The van der Waals surface area contributed by atoms with E-state index < -0.39 is 29.2 Å². The minimum absolute atomic E-state index is 0.187. The van der Waals surface area contributed by atoms with Gasteiger partial charge in [0.05, 0.1) is 0 Å². The van der Waals surface area contributed by atoms with Crippen molar-refractivity contribution in [2.45, 2.75) is 18.9 Å². The van der Waals surface area contributed by atoms with E-state index in [4.69, 9.17) is 0 Å². The maximum Gasteiger partial charge on any atom is 0.253 e. The Kier molecular flexibility index (Phi) is 3.08. The molecule has 1 aromatic heterocycles. The highest BCUT2D eigenvalue weighted by atomic mass is 19.2. The number of fused-ring (bicyclic) bond motifs is 3. The Labute approximate surface area is 107 Å². The van der Waals surface area contributed by atoms with Crippen molar-refractivity contribution < 1.29 is 17.6 Å². The Bertz CT molecular complexity index is 474. The van der Waals surface area contributed by atoms with Gasteiger partial charge in [0.2, 0.25) is 11.6 Å². The van der Waals surface area contributed by atoms with E-state index >= 15 is 0 Å². The molecule has 7 heteroatoms. The number of pyridine rings is 1. The van der Waals surface area contributed by atoms with Crippen LogP contribution >= 0.6 is 0 Å². The Morgan fingerprint density at radius 3 is 2.05 bits per heavy atom. The van der Waals surface area contributed by atoms with Crippen molar-refractivity contribution in [3.63, 3.8) is 0 Å². The molecule has 1 aromatic rings. The Morgan fingerprint density at radius 1 is 1.00 bits per heavy atom. The summed E-state index contributed by atoms with van der Waals surface area (Å²) in [4.78, 5) is 4.71. The normalized spacial score (nSPS) is 29.6. The molecular formula is C12H13F4N3. The van der Waals surface area contributed by atoms with Crippen molar-refractivity contribution in [3.05, 3.63) is 23.5 Å². The van der Waals surface area contributed by atoms with Gasteiger partial charge in [0.1, 0.15) is 5.69 Å². The Balaban J connectivity index is 1.87. The van der Waals surface area contributed by atoms with Crippen molar-refractivity contribution in [2.24, 2.45) is 5.92 Å². The molecule has 3 fully saturated rings. The standard InChI is InChI=1S/C12H13F4N3/c13-8-10(9(14)12(16)18-11(8)15)17-7-5-19-3-1-6(7)2-4-19/h6-7H,1-5H2,(H,17,18). The predicted octanol–water partition coefficient (Wildman–Crippen LogP) is 2.14. The van der Waals surface area contributed by atoms with Gasteiger partial charge < -0.3 is 10.2 Å². The molecule has 0 amide bonds. The first kappa shape index (κ1) is 12.7. The zero-order valence-electron chi connectivity index (χ0n) is 10.1.